The van der Waals surface area contributed by atoms with E-state index < -0.39 is 0 Å². The Balaban J connectivity index is 0.000000172. The minimum Gasteiger partial charge on any atom is -0.310 e. The van der Waals surface area contributed by atoms with E-state index >= 15 is 0 Å². The van der Waals surface area contributed by atoms with Crippen molar-refractivity contribution in [1.29, 1.82) is 0 Å². The predicted octanol–water partition coefficient (Wildman–Crippen LogP) is 28.7. The Kier molecular flexibility index (Phi) is 20.7. The zero-order valence-corrected chi connectivity index (χ0v) is 58.3. The minimum atomic E-state index is -0.0771. The molecule has 1 aliphatic carbocycles. The van der Waals surface area contributed by atoms with Gasteiger partial charge >= 0.3 is 0 Å². The highest BCUT2D eigenvalue weighted by atomic mass is 15.2. The van der Waals surface area contributed by atoms with E-state index in [1.54, 1.807) is 0 Å². The van der Waals surface area contributed by atoms with Crippen LogP contribution in [0.2, 0.25) is 0 Å². The smallest absolute Gasteiger partial charge is 0.0540 e. The quantitative estimate of drug-likeness (QED) is 0.0529. The first-order valence-corrected chi connectivity index (χ1v) is 36.2. The zero-order chi connectivity index (χ0) is 68.7. The molecule has 0 aliphatic heterocycles. The molecule has 1 aliphatic rings. The summed E-state index contributed by atoms with van der Waals surface area (Å²) in [6.45, 7) is 12.6. The second-order valence-electron chi connectivity index (χ2n) is 26.5. The maximum atomic E-state index is 4.00. The van der Waals surface area contributed by atoms with Gasteiger partial charge in [0.15, 0.2) is 0 Å². The number of fused-ring (bicyclic) bond motifs is 5. The third-order valence-electron chi connectivity index (χ3n) is 20.2. The molecule has 0 radical (unpaired) electrons. The van der Waals surface area contributed by atoms with E-state index in [2.05, 4.69) is 386 Å². The van der Waals surface area contributed by atoms with E-state index in [1.807, 2.05) is 12.2 Å². The monoisotopic (exact) mass is 1310 g/mol. The van der Waals surface area contributed by atoms with Crippen molar-refractivity contribution >= 4 is 102 Å². The molecule has 14 aromatic carbocycles. The second kappa shape index (κ2) is 31.4. The Morgan fingerprint density at radius 1 is 0.267 bits per heavy atom. The molecule has 0 saturated carbocycles. The molecule has 0 bridgehead atoms. The molecule has 496 valence electrons. The summed E-state index contributed by atoms with van der Waals surface area (Å²) in [4.78, 5) is 9.53. The molecule has 0 spiro atoms. The summed E-state index contributed by atoms with van der Waals surface area (Å²) in [5.74, 6) is 0. The summed E-state index contributed by atoms with van der Waals surface area (Å²) in [6, 6.07) is 123. The highest BCUT2D eigenvalue weighted by molar-refractivity contribution is 6.01. The van der Waals surface area contributed by atoms with Gasteiger partial charge in [-0.1, -0.05) is 297 Å². The molecule has 0 fully saturated rings. The fourth-order valence-corrected chi connectivity index (χ4v) is 15.1. The minimum absolute atomic E-state index is 0.0771. The first kappa shape index (κ1) is 66.5. The van der Waals surface area contributed by atoms with E-state index in [1.165, 1.54) is 129 Å². The van der Waals surface area contributed by atoms with Crippen LogP contribution in [0.15, 0.2) is 353 Å². The zero-order valence-electron chi connectivity index (χ0n) is 58.3. The lowest BCUT2D eigenvalue weighted by atomic mass is 9.70. The highest BCUT2D eigenvalue weighted by Gasteiger charge is 2.43. The first-order chi connectivity index (χ1) is 49.9. The van der Waals surface area contributed by atoms with Gasteiger partial charge in [0.1, 0.15) is 0 Å². The number of unbranched alkanes of at least 4 members (excludes halogenated alkanes) is 6. The molecule has 101 heavy (non-hydrogen) atoms. The van der Waals surface area contributed by atoms with Gasteiger partial charge in [-0.05, 0) is 202 Å². The average molecular weight is 1310 g/mol. The van der Waals surface area contributed by atoms with Crippen LogP contribution in [0, 0.1) is 0 Å². The topological polar surface area (TPSA) is 13.0 Å². The Bertz CT molecular complexity index is 4990. The summed E-state index contributed by atoms with van der Waals surface area (Å²) in [5.41, 5.74) is 24.1. The molecule has 0 aromatic heterocycles. The largest absolute Gasteiger partial charge is 0.310 e. The second-order valence-corrected chi connectivity index (χ2v) is 26.5. The lowest BCUT2D eigenvalue weighted by Gasteiger charge is -2.35. The predicted molar refractivity (Wildman–Crippen MR) is 436 cm³/mol. The molecule has 0 amide bonds. The maximum absolute atomic E-state index is 4.00. The Labute approximate surface area is 598 Å². The number of nitrogens with zero attached hydrogens (tertiary/aromatic N) is 4. The molecule has 0 atom stereocenters. The molecule has 4 nitrogen and oxygen atoms in total. The van der Waals surface area contributed by atoms with Gasteiger partial charge < -0.3 is 19.6 Å². The summed E-state index contributed by atoms with van der Waals surface area (Å²) >= 11 is 0. The number of hydrogen-bond donors (Lipinski definition) is 0. The van der Waals surface area contributed by atoms with Gasteiger partial charge in [0, 0.05) is 73.1 Å². The number of rotatable bonds is 25. The van der Waals surface area contributed by atoms with Crippen LogP contribution >= 0.6 is 0 Å². The van der Waals surface area contributed by atoms with Gasteiger partial charge in [-0.15, -0.1) is 0 Å². The molecule has 14 aromatic rings. The molecule has 4 heteroatoms. The maximum Gasteiger partial charge on any atom is 0.0540 e. The van der Waals surface area contributed by atoms with Crippen LogP contribution in [0.3, 0.4) is 0 Å². The number of para-hydroxylation sites is 4. The van der Waals surface area contributed by atoms with E-state index in [0.717, 1.165) is 69.5 Å². The summed E-state index contributed by atoms with van der Waals surface area (Å²) in [7, 11) is 0. The lowest BCUT2D eigenvalue weighted by Crippen LogP contribution is -2.26. The van der Waals surface area contributed by atoms with Crippen molar-refractivity contribution in [1.82, 2.24) is 0 Å². The standard InChI is InChI=1S/C51H54N2.C46H34N2/c1-4-7-9-20-36-51(37-21-10-8-5-2)49-38-45(52(41-22-14-11-15-23-41)42-24-16-12-17-25-42)32-34-47(49)48-35-33-46(39-50(48)51)53(43-26-18-13-19-27-43)44-30-28-40(6-3)29-31-44;1-2-34-22-28-40(29-23-34)48(46-21-11-15-38-13-7-9-19-44(38)46)42-32-26-36(27-33-42)35-24-30-41(31-25-35)47(39-16-4-3-5-17-39)45-20-10-14-37-12-6-8-18-43(37)45/h6,11-19,22-35,38-39H,3-5,7-10,20-21,36-37H2,1-2H3;2-33H,1H2. The van der Waals surface area contributed by atoms with Gasteiger partial charge in [-0.25, -0.2) is 0 Å². The average Bonchev–Trinajstić information content (AvgIpc) is 0.885. The van der Waals surface area contributed by atoms with E-state index in [0.29, 0.717) is 0 Å². The third-order valence-corrected chi connectivity index (χ3v) is 20.2. The van der Waals surface area contributed by atoms with Crippen molar-refractivity contribution in [3.8, 4) is 22.3 Å². The Morgan fingerprint density at radius 3 is 0.921 bits per heavy atom. The van der Waals surface area contributed by atoms with Crippen LogP contribution in [-0.2, 0) is 5.41 Å². The molecule has 15 rings (SSSR count). The number of anilines is 12. The van der Waals surface area contributed by atoms with Crippen LogP contribution in [-0.4, -0.2) is 0 Å². The van der Waals surface area contributed by atoms with Crippen LogP contribution in [0.1, 0.15) is 100 Å². The fourth-order valence-electron chi connectivity index (χ4n) is 15.1. The van der Waals surface area contributed by atoms with Gasteiger partial charge in [-0.2, -0.15) is 0 Å². The van der Waals surface area contributed by atoms with Crippen molar-refractivity contribution in [2.45, 2.75) is 83.5 Å². The van der Waals surface area contributed by atoms with Crippen LogP contribution in [0.4, 0.5) is 68.2 Å². The van der Waals surface area contributed by atoms with Gasteiger partial charge in [0.25, 0.3) is 0 Å². The Hall–Kier alpha value is -11.7. The van der Waals surface area contributed by atoms with Crippen molar-refractivity contribution in [3.63, 3.8) is 0 Å². The highest BCUT2D eigenvalue weighted by Crippen LogP contribution is 2.57. The SMILES string of the molecule is C=Cc1ccc(N(c2ccc(-c3ccc(N(c4ccccc4)c4cccc5ccccc45)cc3)cc2)c2cccc3ccccc23)cc1.C=Cc1ccc(N(c2ccccc2)c2ccc3c(c2)C(CCCCCC)(CCCCCC)c2cc(N(c4ccccc4)c4ccccc4)ccc2-3)cc1. The van der Waals surface area contributed by atoms with Crippen molar-refractivity contribution in [2.75, 3.05) is 19.6 Å². The molecule has 0 unspecified atom stereocenters. The normalized spacial score (nSPS) is 11.8. The molecule has 0 N–H and O–H groups in total. The molecular weight excluding hydrogens is 1220 g/mol. The number of benzene rings is 14. The van der Waals surface area contributed by atoms with E-state index in [4.69, 9.17) is 0 Å². The van der Waals surface area contributed by atoms with Gasteiger partial charge in [-0.3, -0.25) is 0 Å². The first-order valence-electron chi connectivity index (χ1n) is 36.2. The molecule has 0 heterocycles. The third kappa shape index (κ3) is 14.3. The fraction of sp³-hybridized carbons (Fsp3) is 0.134. The van der Waals surface area contributed by atoms with E-state index in [9.17, 15) is 0 Å². The summed E-state index contributed by atoms with van der Waals surface area (Å²) < 4.78 is 0. The Morgan fingerprint density at radius 2 is 0.564 bits per heavy atom. The van der Waals surface area contributed by atoms with Gasteiger partial charge in [0.05, 0.1) is 11.4 Å². The molecular formula is C97H88N4. The number of hydrogen-bond acceptors (Lipinski definition) is 4. The summed E-state index contributed by atoms with van der Waals surface area (Å²) in [5, 5.41) is 4.87. The van der Waals surface area contributed by atoms with Gasteiger partial charge in [0.2, 0.25) is 0 Å². The van der Waals surface area contributed by atoms with Crippen LogP contribution in [0.5, 0.6) is 0 Å². The van der Waals surface area contributed by atoms with Crippen LogP contribution in [0.25, 0.3) is 56.0 Å². The van der Waals surface area contributed by atoms with Crippen molar-refractivity contribution in [3.05, 3.63) is 375 Å². The lowest BCUT2D eigenvalue weighted by molar-refractivity contribution is 0.401. The van der Waals surface area contributed by atoms with Crippen LogP contribution < -0.4 is 19.6 Å². The van der Waals surface area contributed by atoms with E-state index in [-0.39, 0.29) is 5.41 Å². The van der Waals surface area contributed by atoms with Crippen molar-refractivity contribution in [2.24, 2.45) is 0 Å². The molecule has 0 saturated heterocycles. The van der Waals surface area contributed by atoms with Crippen molar-refractivity contribution < 1.29 is 0 Å². The summed E-state index contributed by atoms with van der Waals surface area (Å²) in [6.07, 6.45) is 16.1.